The molecule has 2 N–H and O–H groups in total. The molecule has 5 nitrogen and oxygen atoms in total. The zero-order valence-electron chi connectivity index (χ0n) is 11.0. The molecule has 1 aromatic rings. The quantitative estimate of drug-likeness (QED) is 0.839. The first-order chi connectivity index (χ1) is 8.99. The van der Waals surface area contributed by atoms with E-state index in [0.717, 1.165) is 0 Å². The van der Waals surface area contributed by atoms with E-state index in [2.05, 4.69) is 5.32 Å². The Morgan fingerprint density at radius 1 is 1.42 bits per heavy atom. The van der Waals surface area contributed by atoms with Crippen molar-refractivity contribution < 1.29 is 14.3 Å². The summed E-state index contributed by atoms with van der Waals surface area (Å²) in [7, 11) is 3.71. The molecule has 2 atom stereocenters. The fourth-order valence-electron chi connectivity index (χ4n) is 2.20. The third-order valence-corrected chi connectivity index (χ3v) is 3.33. The van der Waals surface area contributed by atoms with E-state index < -0.39 is 18.0 Å². The number of carbonyl (C=O) groups excluding carboxylic acids is 1. The molecule has 0 bridgehead atoms. The number of likely N-dealkylation sites (tertiary alicyclic amines) is 1. The SMILES string of the molecule is CN(C)[C@@H]1CN(C(=O)Nc2ccccc2F)C[C@H]1O. The maximum absolute atomic E-state index is 13.4. The summed E-state index contributed by atoms with van der Waals surface area (Å²) >= 11 is 0. The summed E-state index contributed by atoms with van der Waals surface area (Å²) in [4.78, 5) is 15.4. The number of nitrogens with one attached hydrogen (secondary N) is 1. The summed E-state index contributed by atoms with van der Waals surface area (Å²) in [6.45, 7) is 0.678. The molecule has 1 aromatic carbocycles. The minimum Gasteiger partial charge on any atom is -0.390 e. The third-order valence-electron chi connectivity index (χ3n) is 3.33. The van der Waals surface area contributed by atoms with Gasteiger partial charge in [0, 0.05) is 6.54 Å². The Morgan fingerprint density at radius 2 is 2.11 bits per heavy atom. The number of anilines is 1. The van der Waals surface area contributed by atoms with Crippen LogP contribution in [0.2, 0.25) is 0 Å². The monoisotopic (exact) mass is 267 g/mol. The molecule has 1 heterocycles. The Labute approximate surface area is 111 Å². The predicted octanol–water partition coefficient (Wildman–Crippen LogP) is 0.964. The summed E-state index contributed by atoms with van der Waals surface area (Å²) in [6, 6.07) is 5.52. The van der Waals surface area contributed by atoms with Crippen LogP contribution < -0.4 is 5.32 Å². The molecule has 0 unspecified atom stereocenters. The normalized spacial score (nSPS) is 22.9. The van der Waals surface area contributed by atoms with Gasteiger partial charge in [-0.3, -0.25) is 0 Å². The first-order valence-corrected chi connectivity index (χ1v) is 6.14. The summed E-state index contributed by atoms with van der Waals surface area (Å²) in [5.41, 5.74) is 0.148. The molecule has 1 aliphatic rings. The summed E-state index contributed by atoms with van der Waals surface area (Å²) in [5.74, 6) is -0.472. The first-order valence-electron chi connectivity index (χ1n) is 6.14. The molecule has 19 heavy (non-hydrogen) atoms. The topological polar surface area (TPSA) is 55.8 Å². The number of hydrogen-bond acceptors (Lipinski definition) is 3. The van der Waals surface area contributed by atoms with Gasteiger partial charge in [0.2, 0.25) is 0 Å². The molecule has 1 saturated heterocycles. The van der Waals surface area contributed by atoms with E-state index in [1.54, 1.807) is 12.1 Å². The lowest BCUT2D eigenvalue weighted by Gasteiger charge is -2.21. The standard InChI is InChI=1S/C13H18FN3O2/c1-16(2)11-7-17(8-12(11)18)13(19)15-10-6-4-3-5-9(10)14/h3-6,11-12,18H,7-8H2,1-2H3,(H,15,19)/t11-,12-/m1/s1. The van der Waals surface area contributed by atoms with Gasteiger partial charge in [-0.15, -0.1) is 0 Å². The second-order valence-electron chi connectivity index (χ2n) is 4.91. The van der Waals surface area contributed by atoms with Crippen molar-refractivity contribution in [2.75, 3.05) is 32.5 Å². The fourth-order valence-corrected chi connectivity index (χ4v) is 2.20. The van der Waals surface area contributed by atoms with Gasteiger partial charge in [-0.25, -0.2) is 9.18 Å². The van der Waals surface area contributed by atoms with Gasteiger partial charge in [-0.2, -0.15) is 0 Å². The van der Waals surface area contributed by atoms with E-state index >= 15 is 0 Å². The molecular formula is C13H18FN3O2. The van der Waals surface area contributed by atoms with Crippen LogP contribution in [0.1, 0.15) is 0 Å². The van der Waals surface area contributed by atoms with Crippen molar-refractivity contribution in [1.82, 2.24) is 9.80 Å². The van der Waals surface area contributed by atoms with Gasteiger partial charge in [0.25, 0.3) is 0 Å². The average molecular weight is 267 g/mol. The molecule has 0 aliphatic carbocycles. The first kappa shape index (κ1) is 13.8. The lowest BCUT2D eigenvalue weighted by Crippen LogP contribution is -2.38. The number of aliphatic hydroxyl groups excluding tert-OH is 1. The number of amides is 2. The number of aliphatic hydroxyl groups is 1. The Bertz CT molecular complexity index is 467. The van der Waals surface area contributed by atoms with Gasteiger partial charge in [0.05, 0.1) is 24.4 Å². The minimum atomic E-state index is -0.582. The zero-order chi connectivity index (χ0) is 14.0. The number of benzene rings is 1. The van der Waals surface area contributed by atoms with Crippen LogP contribution in [0.3, 0.4) is 0 Å². The highest BCUT2D eigenvalue weighted by Gasteiger charge is 2.35. The van der Waals surface area contributed by atoms with Crippen LogP contribution >= 0.6 is 0 Å². The van der Waals surface area contributed by atoms with E-state index in [0.29, 0.717) is 6.54 Å². The Hall–Kier alpha value is -1.66. The molecule has 2 rings (SSSR count). The molecule has 0 aromatic heterocycles. The summed E-state index contributed by atoms with van der Waals surface area (Å²) < 4.78 is 13.4. The van der Waals surface area contributed by atoms with Crippen molar-refractivity contribution in [3.63, 3.8) is 0 Å². The van der Waals surface area contributed by atoms with Crippen molar-refractivity contribution in [3.05, 3.63) is 30.1 Å². The Kier molecular flexibility index (Phi) is 4.01. The smallest absolute Gasteiger partial charge is 0.322 e. The Balaban J connectivity index is 2.00. The zero-order valence-corrected chi connectivity index (χ0v) is 11.0. The Morgan fingerprint density at radius 3 is 2.68 bits per heavy atom. The highest BCUT2D eigenvalue weighted by molar-refractivity contribution is 5.89. The van der Waals surface area contributed by atoms with Gasteiger partial charge in [-0.05, 0) is 26.2 Å². The predicted molar refractivity (Wildman–Crippen MR) is 70.5 cm³/mol. The molecule has 2 amide bonds. The maximum atomic E-state index is 13.4. The lowest BCUT2D eigenvalue weighted by molar-refractivity contribution is 0.113. The van der Waals surface area contributed by atoms with Crippen LogP contribution in [0, 0.1) is 5.82 Å². The van der Waals surface area contributed by atoms with Gasteiger partial charge >= 0.3 is 6.03 Å². The summed E-state index contributed by atoms with van der Waals surface area (Å²) in [5, 5.41) is 12.4. The fraction of sp³-hybridized carbons (Fsp3) is 0.462. The van der Waals surface area contributed by atoms with Crippen LogP contribution in [0.5, 0.6) is 0 Å². The van der Waals surface area contributed by atoms with Crippen molar-refractivity contribution in [1.29, 1.82) is 0 Å². The molecule has 1 fully saturated rings. The van der Waals surface area contributed by atoms with Crippen molar-refractivity contribution >= 4 is 11.7 Å². The van der Waals surface area contributed by atoms with Crippen molar-refractivity contribution in [3.8, 4) is 0 Å². The maximum Gasteiger partial charge on any atom is 0.322 e. The molecule has 1 aliphatic heterocycles. The van der Waals surface area contributed by atoms with Crippen LogP contribution in [0.15, 0.2) is 24.3 Å². The number of halogens is 1. The second-order valence-corrected chi connectivity index (χ2v) is 4.91. The summed E-state index contributed by atoms with van der Waals surface area (Å²) in [6.07, 6.45) is -0.582. The van der Waals surface area contributed by atoms with E-state index in [1.807, 2.05) is 19.0 Å². The van der Waals surface area contributed by atoms with E-state index in [-0.39, 0.29) is 18.3 Å². The number of β-amino-alcohol motifs (C(OH)–C–C–N with tert-alkyl or cyclic N) is 1. The molecular weight excluding hydrogens is 249 g/mol. The van der Waals surface area contributed by atoms with E-state index in [9.17, 15) is 14.3 Å². The number of hydrogen-bond donors (Lipinski definition) is 2. The van der Waals surface area contributed by atoms with Gasteiger partial charge < -0.3 is 20.2 Å². The third kappa shape index (κ3) is 3.02. The number of urea groups is 1. The van der Waals surface area contributed by atoms with Crippen LogP contribution in [-0.4, -0.2) is 60.3 Å². The van der Waals surface area contributed by atoms with Crippen molar-refractivity contribution in [2.24, 2.45) is 0 Å². The second kappa shape index (κ2) is 5.54. The van der Waals surface area contributed by atoms with Crippen LogP contribution in [0.4, 0.5) is 14.9 Å². The lowest BCUT2D eigenvalue weighted by atomic mass is 10.2. The number of rotatable bonds is 2. The van der Waals surface area contributed by atoms with Gasteiger partial charge in [-0.1, -0.05) is 12.1 Å². The molecule has 104 valence electrons. The van der Waals surface area contributed by atoms with Crippen molar-refractivity contribution in [2.45, 2.75) is 12.1 Å². The van der Waals surface area contributed by atoms with Gasteiger partial charge in [0.1, 0.15) is 5.82 Å². The largest absolute Gasteiger partial charge is 0.390 e. The highest BCUT2D eigenvalue weighted by Crippen LogP contribution is 2.17. The van der Waals surface area contributed by atoms with Crippen LogP contribution in [0.25, 0.3) is 0 Å². The van der Waals surface area contributed by atoms with Crippen LogP contribution in [-0.2, 0) is 0 Å². The highest BCUT2D eigenvalue weighted by atomic mass is 19.1. The number of nitrogens with zero attached hydrogens (tertiary/aromatic N) is 2. The molecule has 0 saturated carbocycles. The molecule has 6 heteroatoms. The van der Waals surface area contributed by atoms with Gasteiger partial charge in [0.15, 0.2) is 0 Å². The number of likely N-dealkylation sites (N-methyl/N-ethyl adjacent to an activating group) is 1. The number of carbonyl (C=O) groups is 1. The molecule has 0 spiro atoms. The van der Waals surface area contributed by atoms with E-state index in [4.69, 9.17) is 0 Å². The molecule has 0 radical (unpaired) electrons. The number of para-hydroxylation sites is 1. The van der Waals surface area contributed by atoms with E-state index in [1.165, 1.54) is 17.0 Å². The average Bonchev–Trinajstić information content (AvgIpc) is 2.74. The minimum absolute atomic E-state index is 0.0913.